The van der Waals surface area contributed by atoms with Crippen LogP contribution in [0.4, 0.5) is 4.79 Å². The maximum Gasteiger partial charge on any atom is 0.407 e. The summed E-state index contributed by atoms with van der Waals surface area (Å²) >= 11 is 0. The van der Waals surface area contributed by atoms with Crippen molar-refractivity contribution in [1.29, 1.82) is 0 Å². The first-order chi connectivity index (χ1) is 7.45. The molecule has 0 fully saturated rings. The van der Waals surface area contributed by atoms with Gasteiger partial charge < -0.3 is 14.8 Å². The van der Waals surface area contributed by atoms with Crippen LogP contribution in [0.1, 0.15) is 20.8 Å². The van der Waals surface area contributed by atoms with Crippen LogP contribution in [-0.2, 0) is 19.3 Å². The molecule has 0 heterocycles. The van der Waals surface area contributed by atoms with Gasteiger partial charge >= 0.3 is 6.09 Å². The zero-order valence-corrected chi connectivity index (χ0v) is 9.95. The van der Waals surface area contributed by atoms with Crippen LogP contribution in [0.5, 0.6) is 0 Å². The molecule has 0 aliphatic carbocycles. The number of amides is 1. The van der Waals surface area contributed by atoms with Crippen molar-refractivity contribution in [3.63, 3.8) is 0 Å². The number of carbonyl (C=O) groups excluding carboxylic acids is 1. The first-order valence-corrected chi connectivity index (χ1v) is 4.98. The van der Waals surface area contributed by atoms with Gasteiger partial charge in [0.25, 0.3) is 0 Å². The van der Waals surface area contributed by atoms with Crippen molar-refractivity contribution in [3.8, 4) is 0 Å². The van der Waals surface area contributed by atoms with E-state index in [1.165, 1.54) is 0 Å². The van der Waals surface area contributed by atoms with E-state index in [1.807, 2.05) is 0 Å². The van der Waals surface area contributed by atoms with Crippen molar-refractivity contribution in [3.05, 3.63) is 0 Å². The molecule has 96 valence electrons. The monoisotopic (exact) mass is 236 g/mol. The summed E-state index contributed by atoms with van der Waals surface area (Å²) in [5, 5.41) is 2.55. The van der Waals surface area contributed by atoms with Gasteiger partial charge in [0.05, 0.1) is 13.2 Å². The lowest BCUT2D eigenvalue weighted by Crippen LogP contribution is -2.34. The third-order valence-electron chi connectivity index (χ3n) is 1.29. The molecule has 0 saturated heterocycles. The fraction of sp³-hybridized carbons (Fsp3) is 0.889. The Kier molecular flexibility index (Phi) is 7.82. The predicted molar refractivity (Wildman–Crippen MR) is 56.3 cm³/mol. The molecule has 3 N–H and O–H groups in total. The Labute approximate surface area is 95.0 Å². The van der Waals surface area contributed by atoms with Gasteiger partial charge in [-0.1, -0.05) is 0 Å². The normalized spacial score (nSPS) is 11.2. The highest BCUT2D eigenvalue weighted by molar-refractivity contribution is 5.67. The van der Waals surface area contributed by atoms with Crippen LogP contribution in [0.3, 0.4) is 0 Å². The number of ether oxygens (including phenoxy) is 2. The molecule has 0 aromatic carbocycles. The second kappa shape index (κ2) is 8.28. The molecule has 0 rings (SSSR count). The molecule has 0 unspecified atom stereocenters. The Morgan fingerprint density at radius 3 is 2.50 bits per heavy atom. The molecule has 0 bridgehead atoms. The van der Waals surface area contributed by atoms with Gasteiger partial charge in [0.2, 0.25) is 0 Å². The van der Waals surface area contributed by atoms with E-state index < -0.39 is 11.7 Å². The van der Waals surface area contributed by atoms with Gasteiger partial charge in [-0.2, -0.15) is 5.90 Å². The SMILES string of the molecule is CC(C)(C)OC(=O)NCCOCCOON. The van der Waals surface area contributed by atoms with Crippen LogP contribution in [0, 0.1) is 0 Å². The molecule has 1 amide bonds. The minimum Gasteiger partial charge on any atom is -0.444 e. The molecular formula is C9H20N2O5. The maximum atomic E-state index is 11.1. The minimum absolute atomic E-state index is 0.239. The van der Waals surface area contributed by atoms with Crippen molar-refractivity contribution in [2.45, 2.75) is 26.4 Å². The smallest absolute Gasteiger partial charge is 0.407 e. The van der Waals surface area contributed by atoms with E-state index in [-0.39, 0.29) is 6.61 Å². The van der Waals surface area contributed by atoms with Crippen molar-refractivity contribution in [1.82, 2.24) is 5.32 Å². The molecule has 0 aliphatic heterocycles. The summed E-state index contributed by atoms with van der Waals surface area (Å²) in [6.45, 7) is 6.72. The molecule has 7 nitrogen and oxygen atoms in total. The second-order valence-electron chi connectivity index (χ2n) is 3.96. The summed E-state index contributed by atoms with van der Waals surface area (Å²) in [5.74, 6) is 4.62. The molecule has 7 heteroatoms. The molecule has 0 radical (unpaired) electrons. The van der Waals surface area contributed by atoms with E-state index in [1.54, 1.807) is 20.8 Å². The summed E-state index contributed by atoms with van der Waals surface area (Å²) in [7, 11) is 0. The fourth-order valence-electron chi connectivity index (χ4n) is 0.783. The fourth-order valence-corrected chi connectivity index (χ4v) is 0.783. The summed E-state index contributed by atoms with van der Waals surface area (Å²) in [4.78, 5) is 19.4. The quantitative estimate of drug-likeness (QED) is 0.376. The molecule has 0 aliphatic rings. The highest BCUT2D eigenvalue weighted by atomic mass is 17.3. The van der Waals surface area contributed by atoms with Crippen molar-refractivity contribution < 1.29 is 24.1 Å². The van der Waals surface area contributed by atoms with Crippen LogP contribution in [-0.4, -0.2) is 38.1 Å². The molecule has 16 heavy (non-hydrogen) atoms. The zero-order valence-electron chi connectivity index (χ0n) is 9.95. The average molecular weight is 236 g/mol. The number of alkyl carbamates (subject to hydrolysis) is 1. The van der Waals surface area contributed by atoms with E-state index in [9.17, 15) is 4.79 Å². The number of hydrogen-bond donors (Lipinski definition) is 2. The minimum atomic E-state index is -0.489. The van der Waals surface area contributed by atoms with Crippen LogP contribution in [0.15, 0.2) is 0 Å². The summed E-state index contributed by atoms with van der Waals surface area (Å²) in [5.41, 5.74) is -0.489. The lowest BCUT2D eigenvalue weighted by Gasteiger charge is -2.19. The summed E-state index contributed by atoms with van der Waals surface area (Å²) in [6.07, 6.45) is -0.461. The number of hydrogen-bond acceptors (Lipinski definition) is 6. The predicted octanol–water partition coefficient (Wildman–Crippen LogP) is 0.350. The Balaban J connectivity index is 3.28. The molecular weight excluding hydrogens is 216 g/mol. The van der Waals surface area contributed by atoms with Crippen molar-refractivity contribution >= 4 is 6.09 Å². The second-order valence-corrected chi connectivity index (χ2v) is 3.96. The zero-order chi connectivity index (χ0) is 12.4. The van der Waals surface area contributed by atoms with Crippen LogP contribution < -0.4 is 11.2 Å². The van der Waals surface area contributed by atoms with Gasteiger partial charge in [0.1, 0.15) is 12.2 Å². The van der Waals surface area contributed by atoms with Gasteiger partial charge in [-0.05, 0) is 20.8 Å². The third-order valence-corrected chi connectivity index (χ3v) is 1.29. The number of nitrogens with two attached hydrogens (primary N) is 1. The Bertz CT molecular complexity index is 193. The molecule has 0 aromatic rings. The number of nitrogens with one attached hydrogen (secondary N) is 1. The lowest BCUT2D eigenvalue weighted by atomic mass is 10.2. The molecule has 0 spiro atoms. The van der Waals surface area contributed by atoms with Crippen LogP contribution >= 0.6 is 0 Å². The standard InChI is InChI=1S/C9H20N2O5/c1-9(2,3)15-8(12)11-4-5-13-6-7-14-16-10/h4-7,10H2,1-3H3,(H,11,12). The Morgan fingerprint density at radius 1 is 1.25 bits per heavy atom. The van der Waals surface area contributed by atoms with Crippen molar-refractivity contribution in [2.24, 2.45) is 5.90 Å². The third kappa shape index (κ3) is 11.2. The maximum absolute atomic E-state index is 11.1. The van der Waals surface area contributed by atoms with Gasteiger partial charge in [0, 0.05) is 6.54 Å². The van der Waals surface area contributed by atoms with E-state index in [0.717, 1.165) is 0 Å². The topological polar surface area (TPSA) is 92.0 Å². The highest BCUT2D eigenvalue weighted by Crippen LogP contribution is 2.05. The van der Waals surface area contributed by atoms with Crippen molar-refractivity contribution in [2.75, 3.05) is 26.4 Å². The van der Waals surface area contributed by atoms with E-state index in [0.29, 0.717) is 19.8 Å². The first kappa shape index (κ1) is 15.1. The molecule has 0 saturated carbocycles. The Morgan fingerprint density at radius 2 is 1.94 bits per heavy atom. The summed E-state index contributed by atoms with van der Waals surface area (Å²) in [6, 6.07) is 0. The van der Waals surface area contributed by atoms with Gasteiger partial charge in [0.15, 0.2) is 0 Å². The highest BCUT2D eigenvalue weighted by Gasteiger charge is 2.15. The average Bonchev–Trinajstić information content (AvgIpc) is 2.13. The Hall–Kier alpha value is -0.890. The largest absolute Gasteiger partial charge is 0.444 e. The lowest BCUT2D eigenvalue weighted by molar-refractivity contribution is -0.303. The first-order valence-electron chi connectivity index (χ1n) is 4.98. The van der Waals surface area contributed by atoms with Crippen LogP contribution in [0.2, 0.25) is 0 Å². The van der Waals surface area contributed by atoms with Crippen LogP contribution in [0.25, 0.3) is 0 Å². The van der Waals surface area contributed by atoms with E-state index >= 15 is 0 Å². The molecule has 0 aromatic heterocycles. The number of carbonyl (C=O) groups is 1. The number of rotatable bonds is 7. The van der Waals surface area contributed by atoms with Gasteiger partial charge in [-0.25, -0.2) is 9.68 Å². The van der Waals surface area contributed by atoms with Gasteiger partial charge in [-0.15, -0.1) is 4.99 Å². The summed E-state index contributed by atoms with van der Waals surface area (Å²) < 4.78 is 10.1. The van der Waals surface area contributed by atoms with E-state index in [2.05, 4.69) is 21.1 Å². The van der Waals surface area contributed by atoms with E-state index in [4.69, 9.17) is 9.47 Å². The van der Waals surface area contributed by atoms with Gasteiger partial charge in [-0.3, -0.25) is 0 Å². The molecule has 0 atom stereocenters.